The van der Waals surface area contributed by atoms with Gasteiger partial charge in [-0.1, -0.05) is 84.9 Å². The van der Waals surface area contributed by atoms with Gasteiger partial charge in [0.2, 0.25) is 11.9 Å². The molecule has 4 aromatic carbocycles. The molecule has 0 bridgehead atoms. The molecule has 6 aromatic rings. The number of fused-ring (bicyclic) bond motifs is 1. The Hall–Kier alpha value is -5.98. The number of aromatic nitrogens is 4. The largest absolute Gasteiger partial charge is 0.497 e. The number of benzene rings is 4. The molecule has 15 nitrogen and oxygen atoms in total. The molecule has 0 radical (unpaired) electrons. The fourth-order valence-corrected chi connectivity index (χ4v) is 9.74. The van der Waals surface area contributed by atoms with Crippen molar-refractivity contribution in [2.75, 3.05) is 32.8 Å². The normalized spacial score (nSPS) is 16.9. The molecule has 1 saturated heterocycles. The summed E-state index contributed by atoms with van der Waals surface area (Å²) in [4.78, 5) is 38.2. The van der Waals surface area contributed by atoms with Crippen molar-refractivity contribution in [1.29, 1.82) is 5.26 Å². The molecule has 1 fully saturated rings. The molecule has 4 atom stereocenters. The highest BCUT2D eigenvalue weighted by atomic mass is 31.2. The lowest BCUT2D eigenvalue weighted by atomic mass is 9.80. The molecule has 2 N–H and O–H groups in total. The summed E-state index contributed by atoms with van der Waals surface area (Å²) in [5, 5.41) is 12.2. The molecule has 334 valence electrons. The van der Waals surface area contributed by atoms with Crippen LogP contribution in [0.2, 0.25) is 0 Å². The Morgan fingerprint density at radius 1 is 0.922 bits per heavy atom. The highest BCUT2D eigenvalue weighted by Crippen LogP contribution is 2.51. The van der Waals surface area contributed by atoms with Crippen LogP contribution in [0.15, 0.2) is 120 Å². The molecule has 3 heterocycles. The minimum atomic E-state index is -1.71. The van der Waals surface area contributed by atoms with Gasteiger partial charge in [-0.15, -0.1) is 0 Å². The van der Waals surface area contributed by atoms with E-state index in [1.807, 2.05) is 109 Å². The lowest BCUT2D eigenvalue weighted by Crippen LogP contribution is -2.39. The lowest BCUT2D eigenvalue weighted by Gasteiger charge is -2.39. The first-order chi connectivity index (χ1) is 31.0. The van der Waals surface area contributed by atoms with Crippen LogP contribution in [-0.2, 0) is 35.3 Å². The summed E-state index contributed by atoms with van der Waals surface area (Å²) >= 11 is 0. The topological polar surface area (TPSA) is 175 Å². The van der Waals surface area contributed by atoms with E-state index in [4.69, 9.17) is 28.0 Å². The molecule has 0 aliphatic carbocycles. The molecule has 16 heteroatoms. The number of ether oxygens (including phenoxy) is 4. The molecule has 0 spiro atoms. The zero-order chi connectivity index (χ0) is 45.2. The average molecular weight is 888 g/mol. The summed E-state index contributed by atoms with van der Waals surface area (Å²) in [5.74, 6) is 1.03. The summed E-state index contributed by atoms with van der Waals surface area (Å²) in [6, 6.07) is 37.1. The Kier molecular flexibility index (Phi) is 15.2. The van der Waals surface area contributed by atoms with E-state index >= 15 is 0 Å². The summed E-state index contributed by atoms with van der Waals surface area (Å²) in [5.41, 5.74) is 1.99. The second-order valence-electron chi connectivity index (χ2n) is 15.8. The van der Waals surface area contributed by atoms with Crippen LogP contribution in [0.25, 0.3) is 11.2 Å². The number of nitrogens with one attached hydrogen (secondary N) is 2. The van der Waals surface area contributed by atoms with Crippen LogP contribution < -0.4 is 20.3 Å². The van der Waals surface area contributed by atoms with E-state index in [1.165, 1.54) is 6.33 Å². The van der Waals surface area contributed by atoms with Crippen molar-refractivity contribution < 1.29 is 32.8 Å². The Morgan fingerprint density at radius 2 is 1.52 bits per heavy atom. The van der Waals surface area contributed by atoms with Crippen molar-refractivity contribution in [3.63, 3.8) is 0 Å². The first-order valence-electron chi connectivity index (χ1n) is 21.2. The number of hydrogen-bond acceptors (Lipinski definition) is 12. The molecular weight excluding hydrogens is 834 g/mol. The van der Waals surface area contributed by atoms with Gasteiger partial charge in [0.15, 0.2) is 11.2 Å². The van der Waals surface area contributed by atoms with Gasteiger partial charge in [0.25, 0.3) is 14.1 Å². The fraction of sp³-hybridized carbons (Fsp3) is 0.354. The maximum atomic E-state index is 13.4. The molecule has 2 aromatic heterocycles. The van der Waals surface area contributed by atoms with Gasteiger partial charge in [-0.25, -0.2) is 9.65 Å². The number of methoxy groups -OCH3 is 2. The minimum absolute atomic E-state index is 0.0172. The molecule has 64 heavy (non-hydrogen) atoms. The Balaban J connectivity index is 1.28. The highest BCUT2D eigenvalue weighted by Gasteiger charge is 2.45. The van der Waals surface area contributed by atoms with E-state index in [0.717, 1.165) is 22.3 Å². The van der Waals surface area contributed by atoms with Crippen molar-refractivity contribution in [1.82, 2.24) is 24.2 Å². The highest BCUT2D eigenvalue weighted by molar-refractivity contribution is 7.44. The zero-order valence-electron chi connectivity index (χ0n) is 36.8. The molecule has 1 unspecified atom stereocenters. The molecule has 7 rings (SSSR count). The molecule has 0 saturated carbocycles. The van der Waals surface area contributed by atoms with Crippen molar-refractivity contribution in [3.05, 3.63) is 148 Å². The van der Waals surface area contributed by atoms with Gasteiger partial charge in [0.1, 0.15) is 29.4 Å². The average Bonchev–Trinajstić information content (AvgIpc) is 3.91. The first-order valence-corrected chi connectivity index (χ1v) is 22.4. The van der Waals surface area contributed by atoms with Crippen LogP contribution in [-0.4, -0.2) is 81.8 Å². The van der Waals surface area contributed by atoms with Crippen LogP contribution in [0.5, 0.6) is 11.5 Å². The van der Waals surface area contributed by atoms with Gasteiger partial charge in [-0.2, -0.15) is 10.2 Å². The van der Waals surface area contributed by atoms with Crippen molar-refractivity contribution >= 4 is 31.5 Å². The van der Waals surface area contributed by atoms with E-state index in [2.05, 4.69) is 58.7 Å². The second kappa shape index (κ2) is 21.1. The van der Waals surface area contributed by atoms with E-state index in [9.17, 15) is 14.9 Å². The summed E-state index contributed by atoms with van der Waals surface area (Å²) < 4.78 is 42.7. The number of carbonyl (C=O) groups is 1. The second-order valence-corrected chi connectivity index (χ2v) is 17.2. The van der Waals surface area contributed by atoms with Crippen LogP contribution in [0.1, 0.15) is 69.0 Å². The zero-order valence-corrected chi connectivity index (χ0v) is 37.7. The summed E-state index contributed by atoms with van der Waals surface area (Å²) in [7, 11) is 1.55. The number of nitriles is 1. The van der Waals surface area contributed by atoms with Gasteiger partial charge >= 0.3 is 0 Å². The van der Waals surface area contributed by atoms with Crippen LogP contribution in [0.3, 0.4) is 0 Å². The van der Waals surface area contributed by atoms with E-state index < -0.39 is 38.1 Å². The van der Waals surface area contributed by atoms with E-state index in [1.54, 1.807) is 18.8 Å². The Bertz CT molecular complexity index is 2490. The van der Waals surface area contributed by atoms with Crippen LogP contribution in [0.4, 0.5) is 5.95 Å². The number of rotatable bonds is 20. The Labute approximate surface area is 374 Å². The number of hydrogen-bond donors (Lipinski definition) is 2. The standard InChI is InChI=1S/C48H54N7O8P/c1-32(2)55(33(3)4)64(61-27-13-26-49)63-40-29-43(54-31-50-44-45(54)52-47(53-46(44)57)51-42(56)28-34-14-9-7-10-15-34)62-41(40)30-60-48(35-16-11-8-12-17-35,36-18-22-38(58-5)23-19-36)37-20-24-39(59-6)25-21-37/h7-12,14-25,31-33,40-41,43H,13,27-30H2,1-6H3,(H2,51,52,53,56,57)/t40-,41+,43+,64?/m0/s1. The Morgan fingerprint density at radius 3 is 2.09 bits per heavy atom. The number of nitrogens with zero attached hydrogens (tertiary/aromatic N) is 5. The number of H-pyrrole nitrogens is 1. The SMILES string of the molecule is COc1ccc(C(OC[C@H]2O[C@@H](n3cnc4c(=O)[nH]c(NC(=O)Cc5ccccc5)nc43)C[C@@H]2OP(OCCC#N)N(C(C)C)C(C)C)(c2ccccc2)c2ccc(OC)cc2)cc1. The third-order valence-electron chi connectivity index (χ3n) is 10.9. The number of imidazole rings is 1. The molecule has 1 amide bonds. The van der Waals surface area contributed by atoms with Gasteiger partial charge in [0, 0.05) is 18.5 Å². The number of anilines is 1. The predicted molar refractivity (Wildman–Crippen MR) is 244 cm³/mol. The van der Waals surface area contributed by atoms with Crippen LogP contribution >= 0.6 is 8.53 Å². The van der Waals surface area contributed by atoms with Crippen molar-refractivity contribution in [3.8, 4) is 17.6 Å². The number of amides is 1. The molecular formula is C48H54N7O8P. The van der Waals surface area contributed by atoms with Gasteiger partial charge in [-0.3, -0.25) is 24.5 Å². The third kappa shape index (κ3) is 10.3. The lowest BCUT2D eigenvalue weighted by molar-refractivity contribution is -0.115. The fourth-order valence-electron chi connectivity index (χ4n) is 7.98. The van der Waals surface area contributed by atoms with E-state index in [0.29, 0.717) is 11.5 Å². The number of aromatic amines is 1. The van der Waals surface area contributed by atoms with Crippen molar-refractivity contribution in [2.45, 2.75) is 83.1 Å². The minimum Gasteiger partial charge on any atom is -0.497 e. The van der Waals surface area contributed by atoms with E-state index in [-0.39, 0.29) is 67.6 Å². The quantitative estimate of drug-likeness (QED) is 0.0427. The monoisotopic (exact) mass is 887 g/mol. The molecule has 1 aliphatic rings. The van der Waals surface area contributed by atoms with Gasteiger partial charge in [-0.05, 0) is 74.2 Å². The third-order valence-corrected chi connectivity index (χ3v) is 13.1. The molecule has 1 aliphatic heterocycles. The maximum absolute atomic E-state index is 13.4. The van der Waals surface area contributed by atoms with Gasteiger partial charge < -0.3 is 28.0 Å². The smallest absolute Gasteiger partial charge is 0.280 e. The predicted octanol–water partition coefficient (Wildman–Crippen LogP) is 8.28. The van der Waals surface area contributed by atoms with Gasteiger partial charge in [0.05, 0.1) is 58.8 Å². The first kappa shape index (κ1) is 46.0. The maximum Gasteiger partial charge on any atom is 0.280 e. The van der Waals surface area contributed by atoms with Crippen LogP contribution in [0, 0.1) is 11.3 Å². The van der Waals surface area contributed by atoms with Crippen molar-refractivity contribution in [2.24, 2.45) is 0 Å². The number of carbonyl (C=O) groups excluding carboxylic acids is 1. The summed E-state index contributed by atoms with van der Waals surface area (Å²) in [6.45, 7) is 8.53. The summed E-state index contributed by atoms with van der Waals surface area (Å²) in [6.07, 6.45) is 0.0187.